The van der Waals surface area contributed by atoms with Crippen molar-refractivity contribution in [2.45, 2.75) is 51.1 Å². The van der Waals surface area contributed by atoms with Gasteiger partial charge < -0.3 is 9.31 Å². The molecule has 140 valence electrons. The lowest BCUT2D eigenvalue weighted by atomic mass is 9.82. The van der Waals surface area contributed by atoms with Crippen LogP contribution < -0.4 is 5.46 Å². The number of hydrogen-bond donors (Lipinski definition) is 0. The second-order valence-corrected chi connectivity index (χ2v) is 7.34. The van der Waals surface area contributed by atoms with E-state index < -0.39 is 36.4 Å². The predicted octanol–water partition coefficient (Wildman–Crippen LogP) is 3.47. The third kappa shape index (κ3) is 3.37. The van der Waals surface area contributed by atoms with Gasteiger partial charge in [-0.2, -0.15) is 18.3 Å². The van der Waals surface area contributed by atoms with Gasteiger partial charge in [-0.25, -0.2) is 4.39 Å². The second kappa shape index (κ2) is 6.09. The highest BCUT2D eigenvalue weighted by molar-refractivity contribution is 6.62. The van der Waals surface area contributed by atoms with Crippen LogP contribution in [0.2, 0.25) is 0 Å². The van der Waals surface area contributed by atoms with Gasteiger partial charge in [0.25, 0.3) is 0 Å². The Balaban J connectivity index is 1.93. The van der Waals surface area contributed by atoms with Crippen LogP contribution in [0.25, 0.3) is 0 Å². The molecule has 3 rings (SSSR count). The van der Waals surface area contributed by atoms with Gasteiger partial charge in [0.2, 0.25) is 0 Å². The number of halogens is 4. The average Bonchev–Trinajstić information content (AvgIpc) is 3.03. The van der Waals surface area contributed by atoms with Crippen molar-refractivity contribution in [3.8, 4) is 0 Å². The zero-order valence-electron chi connectivity index (χ0n) is 14.8. The van der Waals surface area contributed by atoms with Crippen molar-refractivity contribution in [3.63, 3.8) is 0 Å². The number of alkyl halides is 3. The lowest BCUT2D eigenvalue weighted by Gasteiger charge is -2.32. The molecule has 9 heteroatoms. The van der Waals surface area contributed by atoms with E-state index in [1.54, 1.807) is 0 Å². The van der Waals surface area contributed by atoms with Crippen molar-refractivity contribution in [1.82, 2.24) is 9.78 Å². The fourth-order valence-electron chi connectivity index (χ4n) is 2.73. The van der Waals surface area contributed by atoms with Crippen molar-refractivity contribution in [2.75, 3.05) is 0 Å². The van der Waals surface area contributed by atoms with Crippen LogP contribution in [0.3, 0.4) is 0 Å². The number of aromatic nitrogens is 2. The molecule has 0 spiro atoms. The van der Waals surface area contributed by atoms with E-state index in [9.17, 15) is 17.6 Å². The Kier molecular flexibility index (Phi) is 4.43. The maximum Gasteiger partial charge on any atom is 0.498 e. The summed E-state index contributed by atoms with van der Waals surface area (Å²) in [6, 6.07) is 2.16. The van der Waals surface area contributed by atoms with Crippen LogP contribution in [0.1, 0.15) is 39.3 Å². The summed E-state index contributed by atoms with van der Waals surface area (Å²) >= 11 is 0. The predicted molar refractivity (Wildman–Crippen MR) is 88.5 cm³/mol. The van der Waals surface area contributed by atoms with Crippen LogP contribution in [-0.4, -0.2) is 34.3 Å². The third-order valence-corrected chi connectivity index (χ3v) is 4.91. The van der Waals surface area contributed by atoms with Crippen molar-refractivity contribution < 1.29 is 26.9 Å². The molecular weight excluding hydrogens is 351 g/mol. The van der Waals surface area contributed by atoms with Crippen LogP contribution in [0.4, 0.5) is 17.6 Å². The van der Waals surface area contributed by atoms with Crippen molar-refractivity contribution in [3.05, 3.63) is 48.0 Å². The minimum Gasteiger partial charge on any atom is -0.399 e. The molecule has 1 atom stereocenters. The van der Waals surface area contributed by atoms with Crippen LogP contribution in [0.5, 0.6) is 0 Å². The summed E-state index contributed by atoms with van der Waals surface area (Å²) in [5.41, 5.74) is -0.942. The van der Waals surface area contributed by atoms with E-state index in [1.807, 2.05) is 27.7 Å². The zero-order valence-corrected chi connectivity index (χ0v) is 14.8. The summed E-state index contributed by atoms with van der Waals surface area (Å²) < 4.78 is 66.4. The largest absolute Gasteiger partial charge is 0.498 e. The summed E-state index contributed by atoms with van der Waals surface area (Å²) in [5, 5.41) is 3.86. The van der Waals surface area contributed by atoms with Crippen molar-refractivity contribution >= 4 is 12.6 Å². The molecule has 1 aliphatic heterocycles. The normalized spacial score (nSPS) is 20.4. The van der Waals surface area contributed by atoms with Gasteiger partial charge in [0.1, 0.15) is 5.82 Å². The van der Waals surface area contributed by atoms with Gasteiger partial charge in [-0.15, -0.1) is 0 Å². The first kappa shape index (κ1) is 18.9. The van der Waals surface area contributed by atoms with Gasteiger partial charge in [0.05, 0.1) is 11.2 Å². The molecule has 1 saturated heterocycles. The molecule has 0 saturated carbocycles. The SMILES string of the molecule is CC1(C)OB(c2cnn(C(c3ccc(F)cc3)C(F)(F)F)c2)OC1(C)C. The molecule has 1 unspecified atom stereocenters. The molecular formula is C17H19BF4N2O2. The molecule has 4 nitrogen and oxygen atoms in total. The Hall–Kier alpha value is -1.87. The molecule has 1 aliphatic rings. The molecule has 0 N–H and O–H groups in total. The zero-order chi connectivity index (χ0) is 19.3. The maximum atomic E-state index is 13.6. The van der Waals surface area contributed by atoms with Crippen LogP contribution >= 0.6 is 0 Å². The first-order valence-corrected chi connectivity index (χ1v) is 8.12. The highest BCUT2D eigenvalue weighted by Gasteiger charge is 2.52. The topological polar surface area (TPSA) is 36.3 Å². The van der Waals surface area contributed by atoms with Crippen molar-refractivity contribution in [2.24, 2.45) is 0 Å². The molecule has 0 bridgehead atoms. The Morgan fingerprint density at radius 1 is 1.04 bits per heavy atom. The van der Waals surface area contributed by atoms with E-state index in [-0.39, 0.29) is 5.56 Å². The number of nitrogens with zero attached hydrogens (tertiary/aromatic N) is 2. The van der Waals surface area contributed by atoms with Gasteiger partial charge in [-0.3, -0.25) is 4.68 Å². The Labute approximate surface area is 149 Å². The molecule has 2 heterocycles. The van der Waals surface area contributed by atoms with E-state index in [0.717, 1.165) is 28.9 Å². The highest BCUT2D eigenvalue weighted by atomic mass is 19.4. The number of rotatable bonds is 3. The van der Waals surface area contributed by atoms with Crippen LogP contribution in [0, 0.1) is 5.82 Å². The average molecular weight is 370 g/mol. The molecule has 26 heavy (non-hydrogen) atoms. The minimum atomic E-state index is -4.60. The Bertz CT molecular complexity index is 771. The molecule has 2 aromatic rings. The molecule has 0 aliphatic carbocycles. The van der Waals surface area contributed by atoms with Gasteiger partial charge in [0, 0.05) is 17.9 Å². The molecule has 0 amide bonds. The van der Waals surface area contributed by atoms with Gasteiger partial charge in [0.15, 0.2) is 6.04 Å². The summed E-state index contributed by atoms with van der Waals surface area (Å²) in [4.78, 5) is 0. The minimum absolute atomic E-state index is 0.109. The first-order chi connectivity index (χ1) is 11.9. The van der Waals surface area contributed by atoms with Crippen LogP contribution in [0.15, 0.2) is 36.7 Å². The lowest BCUT2D eigenvalue weighted by molar-refractivity contribution is -0.159. The summed E-state index contributed by atoms with van der Waals surface area (Å²) in [5.74, 6) is -0.604. The quantitative estimate of drug-likeness (QED) is 0.613. The second-order valence-electron chi connectivity index (χ2n) is 7.34. The fraction of sp³-hybridized carbons (Fsp3) is 0.471. The third-order valence-electron chi connectivity index (χ3n) is 4.91. The van der Waals surface area contributed by atoms with E-state index in [2.05, 4.69) is 5.10 Å². The van der Waals surface area contributed by atoms with E-state index in [4.69, 9.17) is 9.31 Å². The molecule has 1 aromatic heterocycles. The first-order valence-electron chi connectivity index (χ1n) is 8.12. The van der Waals surface area contributed by atoms with E-state index in [1.165, 1.54) is 12.4 Å². The Morgan fingerprint density at radius 3 is 2.08 bits per heavy atom. The van der Waals surface area contributed by atoms with E-state index >= 15 is 0 Å². The Morgan fingerprint density at radius 2 is 1.58 bits per heavy atom. The summed E-state index contributed by atoms with van der Waals surface area (Å²) in [6.07, 6.45) is -2.05. The number of hydrogen-bond acceptors (Lipinski definition) is 3. The number of benzene rings is 1. The maximum absolute atomic E-state index is 13.6. The lowest BCUT2D eigenvalue weighted by Crippen LogP contribution is -2.41. The summed E-state index contributed by atoms with van der Waals surface area (Å²) in [7, 11) is -0.809. The standard InChI is InChI=1S/C17H19BF4N2O2/c1-15(2)16(3,4)26-18(25-15)12-9-23-24(10-12)14(17(20,21)22)11-5-7-13(19)8-6-11/h5-10,14H,1-4H3. The molecule has 0 radical (unpaired) electrons. The molecule has 1 fully saturated rings. The smallest absolute Gasteiger partial charge is 0.399 e. The summed E-state index contributed by atoms with van der Waals surface area (Å²) in [6.45, 7) is 7.42. The fourth-order valence-corrected chi connectivity index (χ4v) is 2.73. The van der Waals surface area contributed by atoms with Crippen molar-refractivity contribution in [1.29, 1.82) is 0 Å². The molecule has 1 aromatic carbocycles. The van der Waals surface area contributed by atoms with Gasteiger partial charge >= 0.3 is 13.3 Å². The monoisotopic (exact) mass is 370 g/mol. The van der Waals surface area contributed by atoms with Gasteiger partial charge in [-0.05, 0) is 45.4 Å². The van der Waals surface area contributed by atoms with Gasteiger partial charge in [-0.1, -0.05) is 12.1 Å². The van der Waals surface area contributed by atoms with Crippen LogP contribution in [-0.2, 0) is 9.31 Å². The van der Waals surface area contributed by atoms with E-state index in [0.29, 0.717) is 5.46 Å². The highest BCUT2D eigenvalue weighted by Crippen LogP contribution is 2.38.